The van der Waals surface area contributed by atoms with Crippen LogP contribution in [0.15, 0.2) is 11.8 Å². The molecule has 0 atom stereocenters. The van der Waals surface area contributed by atoms with Crippen molar-refractivity contribution >= 4 is 17.5 Å². The number of allylic oxidation sites excluding steroid dienone is 2. The molecule has 0 aromatic carbocycles. The minimum atomic E-state index is -0.704. The normalized spacial score (nSPS) is 13.7. The Bertz CT molecular complexity index is 652. The van der Waals surface area contributed by atoms with Gasteiger partial charge in [-0.15, -0.1) is 0 Å². The fraction of sp³-hybridized carbons (Fsp3) is 0.308. The quantitative estimate of drug-likeness (QED) is 0.751. The topological polar surface area (TPSA) is 83.8 Å². The molecule has 0 unspecified atom stereocenters. The van der Waals surface area contributed by atoms with Gasteiger partial charge in [-0.3, -0.25) is 9.59 Å². The van der Waals surface area contributed by atoms with Gasteiger partial charge in [0, 0.05) is 6.08 Å². The Labute approximate surface area is 114 Å². The molecule has 0 radical (unpaired) electrons. The second-order valence-corrected chi connectivity index (χ2v) is 4.06. The first kappa shape index (κ1) is 13.9. The Morgan fingerprint density at radius 1 is 1.20 bits per heavy atom. The lowest BCUT2D eigenvalue weighted by Gasteiger charge is -2.13. The van der Waals surface area contributed by atoms with E-state index in [0.29, 0.717) is 5.69 Å². The van der Waals surface area contributed by atoms with Gasteiger partial charge in [0.05, 0.1) is 31.0 Å². The molecule has 20 heavy (non-hydrogen) atoms. The molecule has 0 fully saturated rings. The lowest BCUT2D eigenvalue weighted by Crippen LogP contribution is -2.23. The standard InChI is InChI=1S/C13H13NO6/c1-6-9(13(17)19-3)10-7(15)5-8(18-2)12(16)11(10)14(6)20-4/h5H,1-4H3. The third-order valence-electron chi connectivity index (χ3n) is 3.10. The van der Waals surface area contributed by atoms with Crippen LogP contribution in [0.4, 0.5) is 0 Å². The highest BCUT2D eigenvalue weighted by atomic mass is 16.6. The molecule has 0 saturated carbocycles. The molecule has 1 aromatic heterocycles. The van der Waals surface area contributed by atoms with Gasteiger partial charge < -0.3 is 14.3 Å². The van der Waals surface area contributed by atoms with Crippen LogP contribution in [0.1, 0.15) is 36.9 Å². The molecule has 0 amide bonds. The van der Waals surface area contributed by atoms with E-state index in [9.17, 15) is 14.4 Å². The molecule has 1 aromatic rings. The summed E-state index contributed by atoms with van der Waals surface area (Å²) in [5.41, 5.74) is 0.280. The third-order valence-corrected chi connectivity index (χ3v) is 3.10. The summed E-state index contributed by atoms with van der Waals surface area (Å²) >= 11 is 0. The molecule has 1 heterocycles. The number of ketones is 2. The number of rotatable bonds is 3. The maximum Gasteiger partial charge on any atom is 0.340 e. The molecular weight excluding hydrogens is 266 g/mol. The number of ether oxygens (including phenoxy) is 2. The SMILES string of the molecule is COC(=O)c1c2c(n(OC)c1C)C(=O)C(OC)=CC2=O. The van der Waals surface area contributed by atoms with E-state index in [-0.39, 0.29) is 22.6 Å². The van der Waals surface area contributed by atoms with Crippen molar-refractivity contribution in [3.63, 3.8) is 0 Å². The molecule has 0 aliphatic heterocycles. The summed E-state index contributed by atoms with van der Waals surface area (Å²) in [6.07, 6.45) is 1.05. The minimum absolute atomic E-state index is 0.0223. The molecule has 0 bridgehead atoms. The number of Topliss-reactive ketones (excluding diaryl/α,β-unsaturated/α-hetero) is 1. The number of nitrogens with zero attached hydrogens (tertiary/aromatic N) is 1. The van der Waals surface area contributed by atoms with Crippen molar-refractivity contribution in [2.75, 3.05) is 21.3 Å². The second kappa shape index (κ2) is 4.84. The first-order chi connectivity index (χ1) is 9.47. The van der Waals surface area contributed by atoms with Crippen LogP contribution in [0, 0.1) is 6.92 Å². The Morgan fingerprint density at radius 3 is 2.35 bits per heavy atom. The maximum atomic E-state index is 12.3. The van der Waals surface area contributed by atoms with Crippen LogP contribution in [0.3, 0.4) is 0 Å². The van der Waals surface area contributed by atoms with E-state index in [1.165, 1.54) is 21.3 Å². The second-order valence-electron chi connectivity index (χ2n) is 4.06. The van der Waals surface area contributed by atoms with Gasteiger partial charge in [-0.05, 0) is 6.92 Å². The van der Waals surface area contributed by atoms with Gasteiger partial charge in [-0.2, -0.15) is 4.73 Å². The number of carbonyl (C=O) groups is 3. The molecular formula is C13H13NO6. The van der Waals surface area contributed by atoms with Crippen LogP contribution in [0.5, 0.6) is 0 Å². The van der Waals surface area contributed by atoms with Crippen LogP contribution >= 0.6 is 0 Å². The van der Waals surface area contributed by atoms with Crippen molar-refractivity contribution in [2.45, 2.75) is 6.92 Å². The molecule has 0 saturated heterocycles. The van der Waals surface area contributed by atoms with Crippen LogP contribution in [0.25, 0.3) is 0 Å². The van der Waals surface area contributed by atoms with Crippen LogP contribution in [-0.2, 0) is 9.47 Å². The fourth-order valence-corrected chi connectivity index (χ4v) is 2.22. The zero-order valence-corrected chi connectivity index (χ0v) is 11.5. The number of esters is 1. The van der Waals surface area contributed by atoms with E-state index in [0.717, 1.165) is 10.8 Å². The fourth-order valence-electron chi connectivity index (χ4n) is 2.22. The number of carbonyl (C=O) groups excluding carboxylic acids is 3. The van der Waals surface area contributed by atoms with Gasteiger partial charge in [0.2, 0.25) is 5.78 Å². The molecule has 1 aliphatic carbocycles. The van der Waals surface area contributed by atoms with Gasteiger partial charge in [-0.25, -0.2) is 4.79 Å². The van der Waals surface area contributed by atoms with Gasteiger partial charge in [0.1, 0.15) is 12.8 Å². The molecule has 7 nitrogen and oxygen atoms in total. The average Bonchev–Trinajstić information content (AvgIpc) is 2.75. The number of hydrogen-bond donors (Lipinski definition) is 0. The summed E-state index contributed by atoms with van der Waals surface area (Å²) in [6.45, 7) is 1.56. The van der Waals surface area contributed by atoms with E-state index in [1.807, 2.05) is 0 Å². The predicted molar refractivity (Wildman–Crippen MR) is 66.8 cm³/mol. The highest BCUT2D eigenvalue weighted by molar-refractivity contribution is 6.26. The summed E-state index contributed by atoms with van der Waals surface area (Å²) < 4.78 is 10.7. The van der Waals surface area contributed by atoms with Gasteiger partial charge in [0.25, 0.3) is 0 Å². The van der Waals surface area contributed by atoms with Crippen LogP contribution in [0.2, 0.25) is 0 Å². The summed E-state index contributed by atoms with van der Waals surface area (Å²) in [6, 6.07) is 0. The van der Waals surface area contributed by atoms with E-state index >= 15 is 0 Å². The molecule has 1 aliphatic rings. The van der Waals surface area contributed by atoms with E-state index < -0.39 is 17.5 Å². The lowest BCUT2D eigenvalue weighted by atomic mass is 9.96. The van der Waals surface area contributed by atoms with Crippen molar-refractivity contribution in [3.8, 4) is 0 Å². The monoisotopic (exact) mass is 279 g/mol. The zero-order chi connectivity index (χ0) is 15.0. The summed E-state index contributed by atoms with van der Waals surface area (Å²) in [4.78, 5) is 41.3. The highest BCUT2D eigenvalue weighted by Crippen LogP contribution is 2.29. The molecule has 106 valence electrons. The Kier molecular flexibility index (Phi) is 3.35. The molecule has 0 spiro atoms. The van der Waals surface area contributed by atoms with Crippen molar-refractivity contribution in [2.24, 2.45) is 0 Å². The average molecular weight is 279 g/mol. The minimum Gasteiger partial charge on any atom is -0.492 e. The molecule has 2 rings (SSSR count). The highest BCUT2D eigenvalue weighted by Gasteiger charge is 2.38. The van der Waals surface area contributed by atoms with E-state index in [2.05, 4.69) is 4.74 Å². The van der Waals surface area contributed by atoms with Crippen molar-refractivity contribution < 1.29 is 28.7 Å². The Balaban J connectivity index is 2.80. The third kappa shape index (κ3) is 1.70. The van der Waals surface area contributed by atoms with Crippen LogP contribution < -0.4 is 4.84 Å². The number of fused-ring (bicyclic) bond motifs is 1. The lowest BCUT2D eigenvalue weighted by molar-refractivity contribution is 0.0594. The molecule has 7 heteroatoms. The Hall–Kier alpha value is -2.57. The maximum absolute atomic E-state index is 12.3. The first-order valence-electron chi connectivity index (χ1n) is 5.70. The first-order valence-corrected chi connectivity index (χ1v) is 5.70. The zero-order valence-electron chi connectivity index (χ0n) is 11.5. The summed E-state index contributed by atoms with van der Waals surface area (Å²) in [7, 11) is 3.82. The Morgan fingerprint density at radius 2 is 1.85 bits per heavy atom. The van der Waals surface area contributed by atoms with Gasteiger partial charge >= 0.3 is 5.97 Å². The van der Waals surface area contributed by atoms with Gasteiger partial charge in [0.15, 0.2) is 11.5 Å². The van der Waals surface area contributed by atoms with E-state index in [4.69, 9.17) is 9.57 Å². The van der Waals surface area contributed by atoms with Crippen molar-refractivity contribution in [3.05, 3.63) is 34.3 Å². The smallest absolute Gasteiger partial charge is 0.340 e. The summed E-state index contributed by atoms with van der Waals surface area (Å²) in [5.74, 6) is -1.84. The molecule has 0 N–H and O–H groups in total. The van der Waals surface area contributed by atoms with Crippen LogP contribution in [-0.4, -0.2) is 43.6 Å². The largest absolute Gasteiger partial charge is 0.492 e. The van der Waals surface area contributed by atoms with E-state index in [1.54, 1.807) is 6.92 Å². The number of aromatic nitrogens is 1. The van der Waals surface area contributed by atoms with Gasteiger partial charge in [-0.1, -0.05) is 0 Å². The summed E-state index contributed by atoms with van der Waals surface area (Å²) in [5, 5.41) is 0. The number of methoxy groups -OCH3 is 2. The van der Waals surface area contributed by atoms with Crippen molar-refractivity contribution in [1.82, 2.24) is 4.73 Å². The number of hydrogen-bond acceptors (Lipinski definition) is 6. The predicted octanol–water partition coefficient (Wildman–Crippen LogP) is 0.551. The van der Waals surface area contributed by atoms with Crippen molar-refractivity contribution in [1.29, 1.82) is 0 Å².